The van der Waals surface area contributed by atoms with E-state index in [0.717, 1.165) is 0 Å². The second kappa shape index (κ2) is 7.94. The van der Waals surface area contributed by atoms with Crippen LogP contribution in [0.15, 0.2) is 0 Å². The largest absolute Gasteiger partial charge is 0.368 e. The first-order valence-electron chi connectivity index (χ1n) is 6.66. The molecule has 0 bridgehead atoms. The van der Waals surface area contributed by atoms with Crippen LogP contribution in [-0.4, -0.2) is 45.9 Å². The number of rotatable bonds is 9. The summed E-state index contributed by atoms with van der Waals surface area (Å²) in [4.78, 5) is 36.2. The van der Waals surface area contributed by atoms with Gasteiger partial charge in [0.1, 0.15) is 5.54 Å². The van der Waals surface area contributed by atoms with Crippen molar-refractivity contribution < 1.29 is 14.4 Å². The van der Waals surface area contributed by atoms with Crippen molar-refractivity contribution >= 4 is 55.5 Å². The molecule has 0 fully saturated rings. The number of hydrogen-bond donors (Lipinski definition) is 6. The Labute approximate surface area is 147 Å². The molecule has 0 aliphatic heterocycles. The number of carbonyl (C=O) groups excluding carboxylic acids is 3. The predicted octanol–water partition coefficient (Wildman–Crippen LogP) is -0.181. The normalized spacial score (nSPS) is 19.4. The van der Waals surface area contributed by atoms with E-state index in [9.17, 15) is 14.4 Å². The molecule has 22 heavy (non-hydrogen) atoms. The number of nitrogens with one attached hydrogen (secondary N) is 1. The van der Waals surface area contributed by atoms with Crippen LogP contribution in [0.1, 0.15) is 27.2 Å². The van der Waals surface area contributed by atoms with Crippen molar-refractivity contribution in [3.05, 3.63) is 0 Å². The lowest BCUT2D eigenvalue weighted by Crippen LogP contribution is -2.60. The Morgan fingerprint density at radius 3 is 1.82 bits per heavy atom. The molecule has 0 aliphatic carbocycles. The molecule has 3 atom stereocenters. The lowest BCUT2D eigenvalue weighted by atomic mass is 9.80. The molecule has 5 N–H and O–H groups in total. The molecule has 6 nitrogen and oxygen atoms in total. The molecular weight excluding hydrogens is 342 g/mol. The summed E-state index contributed by atoms with van der Waals surface area (Å²) in [5.74, 6) is -1.21. The third-order valence-corrected chi connectivity index (χ3v) is 5.65. The Balaban J connectivity index is 5.27. The minimum atomic E-state index is -1.30. The summed E-state index contributed by atoms with van der Waals surface area (Å²) in [5, 5.41) is 2.56. The van der Waals surface area contributed by atoms with Crippen LogP contribution in [-0.2, 0) is 14.4 Å². The molecule has 0 radical (unpaired) electrons. The van der Waals surface area contributed by atoms with Gasteiger partial charge in [0.25, 0.3) is 0 Å². The van der Waals surface area contributed by atoms with Gasteiger partial charge >= 0.3 is 0 Å². The lowest BCUT2D eigenvalue weighted by molar-refractivity contribution is -0.138. The molecule has 0 rings (SSSR count). The van der Waals surface area contributed by atoms with E-state index in [1.807, 2.05) is 0 Å². The van der Waals surface area contributed by atoms with Crippen molar-refractivity contribution in [3.8, 4) is 0 Å². The quantitative estimate of drug-likeness (QED) is 0.317. The summed E-state index contributed by atoms with van der Waals surface area (Å²) in [7, 11) is 0. The summed E-state index contributed by atoms with van der Waals surface area (Å²) in [6, 6.07) is 0. The standard InChI is InChI=1S/C13H25N3O3S3/c1-11(5-20,4-8(17)12(2,15)6-21)10(19)16-13(3,7-22)9(14)18/h20-22H,4-7,15H2,1-3H3,(H2,14,18)(H,16,19)/t11-,12-,13-/m1/s1. The molecule has 9 heteroatoms. The number of hydrogen-bond acceptors (Lipinski definition) is 7. The van der Waals surface area contributed by atoms with Gasteiger partial charge in [-0.15, -0.1) is 0 Å². The first-order chi connectivity index (χ1) is 9.88. The molecular formula is C13H25N3O3S3. The SMILES string of the molecule is C[C@](CS)(CC(=O)[C@](C)(N)CS)C(=O)N[C@](C)(CS)C(N)=O. The number of nitrogens with two attached hydrogens (primary N) is 2. The van der Waals surface area contributed by atoms with E-state index >= 15 is 0 Å². The second-order valence-corrected chi connectivity index (χ2v) is 7.15. The monoisotopic (exact) mass is 367 g/mol. The smallest absolute Gasteiger partial charge is 0.243 e. The Bertz CT molecular complexity index is 459. The van der Waals surface area contributed by atoms with Crippen LogP contribution in [0.3, 0.4) is 0 Å². The van der Waals surface area contributed by atoms with Gasteiger partial charge in [-0.05, 0) is 20.8 Å². The van der Waals surface area contributed by atoms with E-state index in [1.54, 1.807) is 13.8 Å². The highest BCUT2D eigenvalue weighted by Crippen LogP contribution is 2.27. The predicted molar refractivity (Wildman–Crippen MR) is 97.6 cm³/mol. The minimum absolute atomic E-state index is 0.0376. The van der Waals surface area contributed by atoms with Crippen LogP contribution in [0.2, 0.25) is 0 Å². The number of primary amides is 1. The van der Waals surface area contributed by atoms with Crippen molar-refractivity contribution in [2.45, 2.75) is 38.3 Å². The molecule has 2 amide bonds. The van der Waals surface area contributed by atoms with Gasteiger partial charge in [0.15, 0.2) is 5.78 Å². The van der Waals surface area contributed by atoms with Crippen LogP contribution < -0.4 is 16.8 Å². The van der Waals surface area contributed by atoms with E-state index in [-0.39, 0.29) is 29.5 Å². The molecule has 0 heterocycles. The Hall–Kier alpha value is -0.380. The summed E-state index contributed by atoms with van der Waals surface area (Å²) >= 11 is 12.2. The van der Waals surface area contributed by atoms with E-state index in [4.69, 9.17) is 11.5 Å². The fourth-order valence-corrected chi connectivity index (χ4v) is 2.10. The van der Waals surface area contributed by atoms with Crippen molar-refractivity contribution in [2.24, 2.45) is 16.9 Å². The molecule has 0 saturated carbocycles. The highest BCUT2D eigenvalue weighted by Gasteiger charge is 2.42. The molecule has 0 spiro atoms. The van der Waals surface area contributed by atoms with Crippen molar-refractivity contribution in [3.63, 3.8) is 0 Å². The fourth-order valence-electron chi connectivity index (χ4n) is 1.43. The van der Waals surface area contributed by atoms with E-state index in [2.05, 4.69) is 43.2 Å². The molecule has 0 aromatic carbocycles. The Morgan fingerprint density at radius 2 is 1.50 bits per heavy atom. The van der Waals surface area contributed by atoms with E-state index in [1.165, 1.54) is 6.92 Å². The molecule has 0 saturated heterocycles. The van der Waals surface area contributed by atoms with Crippen molar-refractivity contribution in [1.29, 1.82) is 0 Å². The van der Waals surface area contributed by atoms with Crippen LogP contribution >= 0.6 is 37.9 Å². The fraction of sp³-hybridized carbons (Fsp3) is 0.769. The highest BCUT2D eigenvalue weighted by molar-refractivity contribution is 7.80. The average Bonchev–Trinajstić information content (AvgIpc) is 2.46. The van der Waals surface area contributed by atoms with Gasteiger partial charge in [-0.1, -0.05) is 0 Å². The maximum absolute atomic E-state index is 12.5. The zero-order valence-corrected chi connectivity index (χ0v) is 15.7. The molecule has 0 aliphatic rings. The van der Waals surface area contributed by atoms with Crippen molar-refractivity contribution in [1.82, 2.24) is 5.32 Å². The number of ketones is 1. The average molecular weight is 368 g/mol. The maximum Gasteiger partial charge on any atom is 0.243 e. The van der Waals surface area contributed by atoms with Gasteiger partial charge in [0.2, 0.25) is 11.8 Å². The van der Waals surface area contributed by atoms with Crippen LogP contribution in [0.5, 0.6) is 0 Å². The minimum Gasteiger partial charge on any atom is -0.368 e. The van der Waals surface area contributed by atoms with Gasteiger partial charge in [-0.25, -0.2) is 0 Å². The molecule has 0 aromatic heterocycles. The summed E-state index contributed by atoms with van der Waals surface area (Å²) in [6.45, 7) is 4.62. The number of carbonyl (C=O) groups is 3. The van der Waals surface area contributed by atoms with Gasteiger partial charge < -0.3 is 16.8 Å². The summed E-state index contributed by atoms with van der Waals surface area (Å²) in [6.07, 6.45) is -0.114. The van der Waals surface area contributed by atoms with E-state index < -0.39 is 28.3 Å². The Morgan fingerprint density at radius 1 is 1.00 bits per heavy atom. The van der Waals surface area contributed by atoms with Gasteiger partial charge in [0.05, 0.1) is 11.0 Å². The third-order valence-electron chi connectivity index (χ3n) is 3.66. The van der Waals surface area contributed by atoms with Gasteiger partial charge in [0, 0.05) is 23.7 Å². The lowest BCUT2D eigenvalue weighted by Gasteiger charge is -2.34. The second-order valence-electron chi connectivity index (χ2n) is 6.20. The first-order valence-corrected chi connectivity index (χ1v) is 8.55. The maximum atomic E-state index is 12.5. The van der Waals surface area contributed by atoms with Crippen LogP contribution in [0.4, 0.5) is 0 Å². The van der Waals surface area contributed by atoms with Gasteiger partial charge in [-0.2, -0.15) is 37.9 Å². The Kier molecular flexibility index (Phi) is 7.80. The topological polar surface area (TPSA) is 115 Å². The van der Waals surface area contributed by atoms with Gasteiger partial charge in [-0.3, -0.25) is 14.4 Å². The zero-order chi connectivity index (χ0) is 17.8. The van der Waals surface area contributed by atoms with E-state index in [0.29, 0.717) is 0 Å². The van der Waals surface area contributed by atoms with Crippen LogP contribution in [0, 0.1) is 5.41 Å². The zero-order valence-electron chi connectivity index (χ0n) is 13.0. The van der Waals surface area contributed by atoms with Crippen LogP contribution in [0.25, 0.3) is 0 Å². The summed E-state index contributed by atoms with van der Waals surface area (Å²) in [5.41, 5.74) is 7.58. The number of amides is 2. The molecule has 128 valence electrons. The molecule has 0 unspecified atom stereocenters. The number of thiol groups is 3. The highest BCUT2D eigenvalue weighted by atomic mass is 32.1. The van der Waals surface area contributed by atoms with Crippen molar-refractivity contribution in [2.75, 3.05) is 17.3 Å². The first kappa shape index (κ1) is 21.6. The summed E-state index contributed by atoms with van der Waals surface area (Å²) < 4.78 is 0. The molecule has 0 aromatic rings. The third kappa shape index (κ3) is 5.07. The number of Topliss-reactive ketones (excluding diaryl/α,β-unsaturated/α-hetero) is 1.